The van der Waals surface area contributed by atoms with E-state index < -0.39 is 12.1 Å². The second-order valence-corrected chi connectivity index (χ2v) is 4.91. The van der Waals surface area contributed by atoms with Crippen LogP contribution in [0.15, 0.2) is 30.3 Å². The van der Waals surface area contributed by atoms with E-state index >= 15 is 0 Å². The van der Waals surface area contributed by atoms with E-state index in [0.29, 0.717) is 18.5 Å². The zero-order valence-corrected chi connectivity index (χ0v) is 10.5. The minimum absolute atomic E-state index is 0.0661. The van der Waals surface area contributed by atoms with Crippen LogP contribution in [-0.4, -0.2) is 36.5 Å². The van der Waals surface area contributed by atoms with Gasteiger partial charge in [0.15, 0.2) is 5.78 Å². The van der Waals surface area contributed by atoms with Gasteiger partial charge in [0, 0.05) is 12.1 Å². The second kappa shape index (κ2) is 5.74. The molecule has 1 aliphatic rings. The lowest BCUT2D eigenvalue weighted by Gasteiger charge is -2.33. The largest absolute Gasteiger partial charge is 0.393 e. The van der Waals surface area contributed by atoms with Gasteiger partial charge in [-0.25, -0.2) is 0 Å². The molecular weight excluding hydrogens is 255 g/mol. The number of carbonyl (C=O) groups excluding carboxylic acids is 1. The van der Waals surface area contributed by atoms with Crippen LogP contribution in [-0.2, 0) is 0 Å². The molecule has 0 aliphatic carbocycles. The number of rotatable bonds is 3. The molecule has 0 aromatic heterocycles. The van der Waals surface area contributed by atoms with Crippen LogP contribution >= 0.6 is 0 Å². The standard InChI is InChI=1S/C14H16F3NO/c15-14(16,17)12-7-4-8-18(9-12)10-13(19)11-5-2-1-3-6-11/h1-3,5-6,12H,4,7-10H2. The quantitative estimate of drug-likeness (QED) is 0.787. The number of benzene rings is 1. The molecule has 0 amide bonds. The molecule has 1 aromatic rings. The van der Waals surface area contributed by atoms with Crippen molar-refractivity contribution in [2.75, 3.05) is 19.6 Å². The van der Waals surface area contributed by atoms with Gasteiger partial charge in [-0.1, -0.05) is 30.3 Å². The molecule has 104 valence electrons. The van der Waals surface area contributed by atoms with E-state index in [2.05, 4.69) is 0 Å². The number of hydrogen-bond acceptors (Lipinski definition) is 2. The Balaban J connectivity index is 1.94. The zero-order chi connectivity index (χ0) is 13.9. The van der Waals surface area contributed by atoms with Gasteiger partial charge in [-0.2, -0.15) is 13.2 Å². The van der Waals surface area contributed by atoms with Crippen LogP contribution in [0.2, 0.25) is 0 Å². The Morgan fingerprint density at radius 2 is 1.95 bits per heavy atom. The molecule has 5 heteroatoms. The van der Waals surface area contributed by atoms with Gasteiger partial charge in [0.05, 0.1) is 12.5 Å². The Labute approximate surface area is 110 Å². The first kappa shape index (κ1) is 14.1. The van der Waals surface area contributed by atoms with Crippen LogP contribution in [0.25, 0.3) is 0 Å². The minimum Gasteiger partial charge on any atom is -0.295 e. The molecule has 2 rings (SSSR count). The Hall–Kier alpha value is -1.36. The van der Waals surface area contributed by atoms with Crippen molar-refractivity contribution in [1.29, 1.82) is 0 Å². The van der Waals surface area contributed by atoms with E-state index in [9.17, 15) is 18.0 Å². The molecule has 1 unspecified atom stereocenters. The van der Waals surface area contributed by atoms with E-state index in [1.54, 1.807) is 35.2 Å². The highest BCUT2D eigenvalue weighted by atomic mass is 19.4. The van der Waals surface area contributed by atoms with Crippen LogP contribution in [0.3, 0.4) is 0 Å². The average molecular weight is 271 g/mol. The second-order valence-electron chi connectivity index (χ2n) is 4.91. The number of nitrogens with zero attached hydrogens (tertiary/aromatic N) is 1. The van der Waals surface area contributed by atoms with Crippen molar-refractivity contribution in [3.05, 3.63) is 35.9 Å². The maximum Gasteiger partial charge on any atom is 0.393 e. The van der Waals surface area contributed by atoms with Crippen molar-refractivity contribution in [2.24, 2.45) is 5.92 Å². The van der Waals surface area contributed by atoms with Crippen molar-refractivity contribution in [2.45, 2.75) is 19.0 Å². The summed E-state index contributed by atoms with van der Waals surface area (Å²) < 4.78 is 38.0. The van der Waals surface area contributed by atoms with Gasteiger partial charge in [0.2, 0.25) is 0 Å². The fraction of sp³-hybridized carbons (Fsp3) is 0.500. The predicted molar refractivity (Wildman–Crippen MR) is 66.0 cm³/mol. The third-order valence-corrected chi connectivity index (χ3v) is 3.43. The molecule has 19 heavy (non-hydrogen) atoms. The number of Topliss-reactive ketones (excluding diaryl/α,β-unsaturated/α-hetero) is 1. The third kappa shape index (κ3) is 3.80. The first-order valence-electron chi connectivity index (χ1n) is 6.34. The summed E-state index contributed by atoms with van der Waals surface area (Å²) in [6, 6.07) is 8.68. The van der Waals surface area contributed by atoms with Gasteiger partial charge in [0.25, 0.3) is 0 Å². The van der Waals surface area contributed by atoms with Crippen LogP contribution in [0, 0.1) is 5.92 Å². The summed E-state index contributed by atoms with van der Waals surface area (Å²) in [6.07, 6.45) is -3.50. The fourth-order valence-corrected chi connectivity index (χ4v) is 2.38. The van der Waals surface area contributed by atoms with Gasteiger partial charge in [0.1, 0.15) is 0 Å². The molecule has 1 atom stereocenters. The number of carbonyl (C=O) groups is 1. The normalized spacial score (nSPS) is 21.3. The summed E-state index contributed by atoms with van der Waals surface area (Å²) in [4.78, 5) is 13.6. The fourth-order valence-electron chi connectivity index (χ4n) is 2.38. The summed E-state index contributed by atoms with van der Waals surface area (Å²) in [6.45, 7) is 0.559. The lowest BCUT2D eigenvalue weighted by atomic mass is 9.97. The van der Waals surface area contributed by atoms with Gasteiger partial charge in [-0.05, 0) is 19.4 Å². The number of likely N-dealkylation sites (tertiary alicyclic amines) is 1. The molecule has 1 aliphatic heterocycles. The molecule has 1 aromatic carbocycles. The number of halogens is 3. The SMILES string of the molecule is O=C(CN1CCCC(C(F)(F)F)C1)c1ccccc1. The summed E-state index contributed by atoms with van der Waals surface area (Å²) in [7, 11) is 0. The van der Waals surface area contributed by atoms with Crippen LogP contribution < -0.4 is 0 Å². The first-order chi connectivity index (χ1) is 8.97. The lowest BCUT2D eigenvalue weighted by molar-refractivity contribution is -0.186. The maximum atomic E-state index is 12.7. The Kier molecular flexibility index (Phi) is 4.24. The van der Waals surface area contributed by atoms with Crippen molar-refractivity contribution in [3.8, 4) is 0 Å². The van der Waals surface area contributed by atoms with E-state index in [4.69, 9.17) is 0 Å². The van der Waals surface area contributed by atoms with Gasteiger partial charge >= 0.3 is 6.18 Å². The highest BCUT2D eigenvalue weighted by molar-refractivity contribution is 5.97. The van der Waals surface area contributed by atoms with Crippen molar-refractivity contribution in [1.82, 2.24) is 4.90 Å². The Morgan fingerprint density at radius 1 is 1.26 bits per heavy atom. The summed E-state index contributed by atoms with van der Waals surface area (Å²) in [5, 5.41) is 0. The summed E-state index contributed by atoms with van der Waals surface area (Å²) in [5.74, 6) is -1.42. The number of piperidine rings is 1. The first-order valence-corrected chi connectivity index (χ1v) is 6.34. The third-order valence-electron chi connectivity index (χ3n) is 3.43. The molecule has 1 fully saturated rings. The molecule has 0 saturated carbocycles. The highest BCUT2D eigenvalue weighted by Crippen LogP contribution is 2.33. The summed E-state index contributed by atoms with van der Waals surface area (Å²) >= 11 is 0. The van der Waals surface area contributed by atoms with E-state index in [1.165, 1.54) is 0 Å². The maximum absolute atomic E-state index is 12.7. The average Bonchev–Trinajstić information content (AvgIpc) is 2.39. The van der Waals surface area contributed by atoms with Crippen LogP contribution in [0.4, 0.5) is 13.2 Å². The highest BCUT2D eigenvalue weighted by Gasteiger charge is 2.41. The van der Waals surface area contributed by atoms with Crippen LogP contribution in [0.5, 0.6) is 0 Å². The Bertz CT molecular complexity index is 430. The van der Waals surface area contributed by atoms with Gasteiger partial charge in [-0.3, -0.25) is 9.69 Å². The molecule has 0 radical (unpaired) electrons. The van der Waals surface area contributed by atoms with Crippen molar-refractivity contribution < 1.29 is 18.0 Å². The molecule has 2 nitrogen and oxygen atoms in total. The van der Waals surface area contributed by atoms with Crippen LogP contribution in [0.1, 0.15) is 23.2 Å². The minimum atomic E-state index is -4.16. The van der Waals surface area contributed by atoms with E-state index in [-0.39, 0.29) is 25.3 Å². The van der Waals surface area contributed by atoms with Crippen molar-refractivity contribution in [3.63, 3.8) is 0 Å². The monoisotopic (exact) mass is 271 g/mol. The molecule has 0 N–H and O–H groups in total. The number of alkyl halides is 3. The molecule has 0 bridgehead atoms. The number of ketones is 1. The topological polar surface area (TPSA) is 20.3 Å². The molecule has 0 spiro atoms. The lowest BCUT2D eigenvalue weighted by Crippen LogP contribution is -2.43. The smallest absolute Gasteiger partial charge is 0.295 e. The molecular formula is C14H16F3NO. The number of hydrogen-bond donors (Lipinski definition) is 0. The predicted octanol–water partition coefficient (Wildman–Crippen LogP) is 3.14. The van der Waals surface area contributed by atoms with Gasteiger partial charge < -0.3 is 0 Å². The summed E-state index contributed by atoms with van der Waals surface area (Å²) in [5.41, 5.74) is 0.552. The zero-order valence-electron chi connectivity index (χ0n) is 10.5. The Morgan fingerprint density at radius 3 is 2.58 bits per heavy atom. The van der Waals surface area contributed by atoms with Gasteiger partial charge in [-0.15, -0.1) is 0 Å². The van der Waals surface area contributed by atoms with E-state index in [1.807, 2.05) is 0 Å². The van der Waals surface area contributed by atoms with E-state index in [0.717, 1.165) is 0 Å². The molecule has 1 heterocycles. The van der Waals surface area contributed by atoms with Crippen molar-refractivity contribution >= 4 is 5.78 Å². The molecule has 1 saturated heterocycles.